The summed E-state index contributed by atoms with van der Waals surface area (Å²) in [6.07, 6.45) is 1.02. The first-order chi connectivity index (χ1) is 14.4. The van der Waals surface area contributed by atoms with Crippen LogP contribution in [0.3, 0.4) is 0 Å². The third-order valence-corrected chi connectivity index (χ3v) is 6.90. The van der Waals surface area contributed by atoms with Gasteiger partial charge in [0.15, 0.2) is 0 Å². The standard InChI is InChI=1S/C20H22BrCl2N3O4S/c1-13(20(28)24-2)25(11-14-7-8-17(22)18(23)9-14)19(27)12-26(31(3,29)30)16-6-4-5-15(21)10-16/h4-10,13H,11-12H2,1-3H3,(H,24,28)/t13-/m0/s1. The Morgan fingerprint density at radius 3 is 2.35 bits per heavy atom. The predicted octanol–water partition coefficient (Wildman–Crippen LogP) is 3.69. The van der Waals surface area contributed by atoms with E-state index in [0.717, 1.165) is 10.6 Å². The van der Waals surface area contributed by atoms with E-state index in [1.54, 1.807) is 49.4 Å². The van der Waals surface area contributed by atoms with Crippen molar-refractivity contribution in [2.24, 2.45) is 0 Å². The van der Waals surface area contributed by atoms with Crippen molar-refractivity contribution in [2.75, 3.05) is 24.2 Å². The van der Waals surface area contributed by atoms with E-state index < -0.39 is 28.5 Å². The van der Waals surface area contributed by atoms with Crippen LogP contribution in [0.1, 0.15) is 12.5 Å². The molecule has 1 atom stereocenters. The van der Waals surface area contributed by atoms with Gasteiger partial charge in [-0.25, -0.2) is 8.42 Å². The van der Waals surface area contributed by atoms with Crippen LogP contribution in [0.4, 0.5) is 5.69 Å². The van der Waals surface area contributed by atoms with Crippen molar-refractivity contribution in [2.45, 2.75) is 19.5 Å². The minimum atomic E-state index is -3.77. The Morgan fingerprint density at radius 1 is 1.13 bits per heavy atom. The minimum absolute atomic E-state index is 0.0421. The Balaban J connectivity index is 2.40. The monoisotopic (exact) mass is 549 g/mol. The zero-order chi connectivity index (χ0) is 23.3. The van der Waals surface area contributed by atoms with E-state index in [0.29, 0.717) is 25.8 Å². The predicted molar refractivity (Wildman–Crippen MR) is 127 cm³/mol. The van der Waals surface area contributed by atoms with Gasteiger partial charge in [0.1, 0.15) is 12.6 Å². The quantitative estimate of drug-likeness (QED) is 0.543. The maximum Gasteiger partial charge on any atom is 0.244 e. The molecule has 0 aromatic heterocycles. The van der Waals surface area contributed by atoms with Crippen LogP contribution in [-0.4, -0.2) is 51.0 Å². The van der Waals surface area contributed by atoms with Gasteiger partial charge in [0.05, 0.1) is 22.0 Å². The lowest BCUT2D eigenvalue weighted by Crippen LogP contribution is -2.50. The number of likely N-dealkylation sites (N-methyl/N-ethyl adjacent to an activating group) is 1. The fourth-order valence-electron chi connectivity index (χ4n) is 2.87. The zero-order valence-corrected chi connectivity index (χ0v) is 21.0. The average molecular weight is 551 g/mol. The molecule has 2 aromatic carbocycles. The van der Waals surface area contributed by atoms with Gasteiger partial charge in [-0.05, 0) is 42.8 Å². The summed E-state index contributed by atoms with van der Waals surface area (Å²) in [4.78, 5) is 26.8. The van der Waals surface area contributed by atoms with Gasteiger partial charge < -0.3 is 10.2 Å². The molecule has 0 aliphatic carbocycles. The molecule has 0 heterocycles. The van der Waals surface area contributed by atoms with Crippen LogP contribution in [0.15, 0.2) is 46.9 Å². The molecule has 0 unspecified atom stereocenters. The molecule has 2 aromatic rings. The van der Waals surface area contributed by atoms with Crippen molar-refractivity contribution in [3.05, 3.63) is 62.5 Å². The highest BCUT2D eigenvalue weighted by Gasteiger charge is 2.29. The van der Waals surface area contributed by atoms with Gasteiger partial charge in [-0.15, -0.1) is 0 Å². The molecule has 7 nitrogen and oxygen atoms in total. The summed E-state index contributed by atoms with van der Waals surface area (Å²) in [7, 11) is -2.31. The van der Waals surface area contributed by atoms with Crippen LogP contribution in [0.25, 0.3) is 0 Å². The molecule has 0 aliphatic rings. The third-order valence-electron chi connectivity index (χ3n) is 4.53. The van der Waals surface area contributed by atoms with Crippen molar-refractivity contribution < 1.29 is 18.0 Å². The van der Waals surface area contributed by atoms with E-state index in [1.807, 2.05) is 0 Å². The van der Waals surface area contributed by atoms with Crippen LogP contribution in [0.2, 0.25) is 10.0 Å². The number of amides is 2. The SMILES string of the molecule is CNC(=O)[C@H](C)N(Cc1ccc(Cl)c(Cl)c1)C(=O)CN(c1cccc(Br)c1)S(C)(=O)=O. The van der Waals surface area contributed by atoms with E-state index in [4.69, 9.17) is 23.2 Å². The number of hydrogen-bond acceptors (Lipinski definition) is 4. The Bertz CT molecular complexity index is 1080. The Labute approximate surface area is 200 Å². The fourth-order valence-corrected chi connectivity index (χ4v) is 4.42. The van der Waals surface area contributed by atoms with E-state index >= 15 is 0 Å². The zero-order valence-electron chi connectivity index (χ0n) is 17.1. The highest BCUT2D eigenvalue weighted by Crippen LogP contribution is 2.25. The number of carbonyl (C=O) groups excluding carboxylic acids is 2. The number of benzene rings is 2. The van der Waals surface area contributed by atoms with Gasteiger partial charge in [-0.2, -0.15) is 0 Å². The highest BCUT2D eigenvalue weighted by molar-refractivity contribution is 9.10. The van der Waals surface area contributed by atoms with Crippen LogP contribution < -0.4 is 9.62 Å². The summed E-state index contributed by atoms with van der Waals surface area (Å²) in [5, 5.41) is 3.18. The van der Waals surface area contributed by atoms with Crippen LogP contribution >= 0.6 is 39.1 Å². The lowest BCUT2D eigenvalue weighted by molar-refractivity contribution is -0.139. The first-order valence-electron chi connectivity index (χ1n) is 9.12. The molecule has 168 valence electrons. The van der Waals surface area contributed by atoms with Gasteiger partial charge in [0, 0.05) is 18.1 Å². The molecule has 31 heavy (non-hydrogen) atoms. The molecule has 0 aliphatic heterocycles. The van der Waals surface area contributed by atoms with Gasteiger partial charge in [0.25, 0.3) is 0 Å². The van der Waals surface area contributed by atoms with Crippen LogP contribution in [0.5, 0.6) is 0 Å². The molecule has 2 rings (SSSR count). The molecule has 2 amide bonds. The van der Waals surface area contributed by atoms with Crippen molar-refractivity contribution in [1.29, 1.82) is 0 Å². The maximum atomic E-state index is 13.2. The van der Waals surface area contributed by atoms with Crippen molar-refractivity contribution in [3.63, 3.8) is 0 Å². The molecular weight excluding hydrogens is 529 g/mol. The highest BCUT2D eigenvalue weighted by atomic mass is 79.9. The first kappa shape index (κ1) is 25.5. The smallest absolute Gasteiger partial charge is 0.244 e. The van der Waals surface area contributed by atoms with E-state index in [2.05, 4.69) is 21.2 Å². The van der Waals surface area contributed by atoms with Gasteiger partial charge in [0.2, 0.25) is 21.8 Å². The van der Waals surface area contributed by atoms with Crippen LogP contribution in [0, 0.1) is 0 Å². The summed E-state index contributed by atoms with van der Waals surface area (Å²) in [6.45, 7) is 1.14. The lowest BCUT2D eigenvalue weighted by atomic mass is 10.1. The minimum Gasteiger partial charge on any atom is -0.357 e. The summed E-state index contributed by atoms with van der Waals surface area (Å²) in [5.74, 6) is -0.936. The number of carbonyl (C=O) groups is 2. The second-order valence-corrected chi connectivity index (χ2v) is 10.4. The van der Waals surface area contributed by atoms with E-state index in [1.165, 1.54) is 11.9 Å². The molecule has 11 heteroatoms. The van der Waals surface area contributed by atoms with Crippen LogP contribution in [-0.2, 0) is 26.2 Å². The largest absolute Gasteiger partial charge is 0.357 e. The summed E-state index contributed by atoms with van der Waals surface area (Å²) in [6, 6.07) is 10.6. The number of hydrogen-bond donors (Lipinski definition) is 1. The lowest BCUT2D eigenvalue weighted by Gasteiger charge is -2.31. The molecule has 0 radical (unpaired) electrons. The maximum absolute atomic E-state index is 13.2. The molecule has 0 fully saturated rings. The van der Waals surface area contributed by atoms with E-state index in [-0.39, 0.29) is 12.5 Å². The average Bonchev–Trinajstić information content (AvgIpc) is 2.70. The summed E-state index contributed by atoms with van der Waals surface area (Å²) < 4.78 is 26.5. The molecule has 0 saturated heterocycles. The third kappa shape index (κ3) is 6.83. The van der Waals surface area contributed by atoms with Crippen molar-refractivity contribution >= 4 is 66.7 Å². The number of nitrogens with zero attached hydrogens (tertiary/aromatic N) is 2. The van der Waals surface area contributed by atoms with E-state index in [9.17, 15) is 18.0 Å². The molecule has 0 saturated carbocycles. The van der Waals surface area contributed by atoms with Crippen molar-refractivity contribution in [3.8, 4) is 0 Å². The first-order valence-corrected chi connectivity index (χ1v) is 12.5. The number of nitrogens with one attached hydrogen (secondary N) is 1. The number of anilines is 1. The molecule has 0 spiro atoms. The van der Waals surface area contributed by atoms with Gasteiger partial charge in [-0.3, -0.25) is 13.9 Å². The number of halogens is 3. The topological polar surface area (TPSA) is 86.8 Å². The molecule has 1 N–H and O–H groups in total. The fraction of sp³-hybridized carbons (Fsp3) is 0.300. The summed E-state index contributed by atoms with van der Waals surface area (Å²) in [5.41, 5.74) is 0.971. The van der Waals surface area contributed by atoms with Crippen molar-refractivity contribution in [1.82, 2.24) is 10.2 Å². The normalized spacial score (nSPS) is 12.2. The molecular formula is C20H22BrCl2N3O4S. The second kappa shape index (κ2) is 10.7. The Morgan fingerprint density at radius 2 is 1.81 bits per heavy atom. The molecule has 0 bridgehead atoms. The summed E-state index contributed by atoms with van der Waals surface area (Å²) >= 11 is 15.3. The van der Waals surface area contributed by atoms with Gasteiger partial charge in [-0.1, -0.05) is 51.3 Å². The number of rotatable bonds is 8. The Hall–Kier alpha value is -1.81. The van der Waals surface area contributed by atoms with Gasteiger partial charge >= 0.3 is 0 Å². The Kier molecular flexibility index (Phi) is 8.76. The number of sulfonamides is 1. The second-order valence-electron chi connectivity index (χ2n) is 6.81.